The van der Waals surface area contributed by atoms with Crippen molar-refractivity contribution in [3.8, 4) is 0 Å². The summed E-state index contributed by atoms with van der Waals surface area (Å²) >= 11 is 0. The van der Waals surface area contributed by atoms with Crippen LogP contribution in [0.3, 0.4) is 0 Å². The number of hydrogen-bond donors (Lipinski definition) is 2. The maximum absolute atomic E-state index is 12.9. The number of halogens is 3. The summed E-state index contributed by atoms with van der Waals surface area (Å²) in [6, 6.07) is 17.0. The number of carbonyl (C=O) groups is 2. The van der Waals surface area contributed by atoms with E-state index in [0.29, 0.717) is 24.5 Å². The average molecular weight is 542 g/mol. The molecule has 1 aliphatic rings. The normalized spacial score (nSPS) is 14.0. The Balaban J connectivity index is 0.000000459. The summed E-state index contributed by atoms with van der Waals surface area (Å²) in [6.45, 7) is 3.44. The first-order valence-electron chi connectivity index (χ1n) is 12.3. The largest absolute Gasteiger partial charge is 0.478 e. The summed E-state index contributed by atoms with van der Waals surface area (Å²) in [7, 11) is 1.79. The van der Waals surface area contributed by atoms with Crippen molar-refractivity contribution in [1.29, 1.82) is 0 Å². The number of hydrogen-bond acceptors (Lipinski definition) is 5. The SMILES string of the molecule is CN(CCCN1CC=C(c2cccc3ccccc23)CC1)c1cc(C(F)(F)F)ccn1.O=C(O)/C=C/C(=O)O. The van der Waals surface area contributed by atoms with E-state index in [1.54, 1.807) is 11.9 Å². The molecule has 7 nitrogen and oxygen atoms in total. The summed E-state index contributed by atoms with van der Waals surface area (Å²) in [5.74, 6) is -2.16. The van der Waals surface area contributed by atoms with Crippen LogP contribution in [0.1, 0.15) is 24.0 Å². The molecule has 10 heteroatoms. The first-order valence-corrected chi connectivity index (χ1v) is 12.3. The van der Waals surface area contributed by atoms with Gasteiger partial charge in [-0.15, -0.1) is 0 Å². The van der Waals surface area contributed by atoms with Gasteiger partial charge in [0.15, 0.2) is 0 Å². The van der Waals surface area contributed by atoms with Crippen molar-refractivity contribution in [3.63, 3.8) is 0 Å². The van der Waals surface area contributed by atoms with Crippen molar-refractivity contribution < 1.29 is 33.0 Å². The van der Waals surface area contributed by atoms with E-state index in [1.807, 2.05) is 0 Å². The van der Waals surface area contributed by atoms with Crippen molar-refractivity contribution in [2.24, 2.45) is 0 Å². The van der Waals surface area contributed by atoms with Gasteiger partial charge in [-0.25, -0.2) is 14.6 Å². The summed E-state index contributed by atoms with van der Waals surface area (Å²) in [5, 5.41) is 18.2. The van der Waals surface area contributed by atoms with E-state index in [0.717, 1.165) is 44.6 Å². The van der Waals surface area contributed by atoms with Crippen LogP contribution in [0.15, 0.2) is 79.0 Å². The van der Waals surface area contributed by atoms with E-state index in [2.05, 4.69) is 58.4 Å². The number of rotatable bonds is 8. The number of carboxylic acids is 2. The van der Waals surface area contributed by atoms with Gasteiger partial charge in [-0.3, -0.25) is 4.90 Å². The smallest absolute Gasteiger partial charge is 0.416 e. The molecule has 0 aliphatic carbocycles. The molecule has 0 atom stereocenters. The Labute approximate surface area is 224 Å². The molecular weight excluding hydrogens is 511 g/mol. The molecule has 0 amide bonds. The van der Waals surface area contributed by atoms with Crippen LogP contribution in [0.2, 0.25) is 0 Å². The van der Waals surface area contributed by atoms with Crippen molar-refractivity contribution in [2.75, 3.05) is 38.1 Å². The van der Waals surface area contributed by atoms with E-state index in [-0.39, 0.29) is 0 Å². The van der Waals surface area contributed by atoms with E-state index in [9.17, 15) is 22.8 Å². The van der Waals surface area contributed by atoms with Gasteiger partial charge in [0, 0.05) is 51.6 Å². The molecule has 3 aromatic rings. The topological polar surface area (TPSA) is 94.0 Å². The Morgan fingerprint density at radius 3 is 2.38 bits per heavy atom. The van der Waals surface area contributed by atoms with Crippen LogP contribution in [0, 0.1) is 0 Å². The Kier molecular flexibility index (Phi) is 10.2. The van der Waals surface area contributed by atoms with Crippen LogP contribution in [0.25, 0.3) is 16.3 Å². The molecule has 0 radical (unpaired) electrons. The molecule has 1 aromatic heterocycles. The second-order valence-electron chi connectivity index (χ2n) is 8.99. The minimum atomic E-state index is -4.35. The predicted octanol–water partition coefficient (Wildman–Crippen LogP) is 5.58. The minimum Gasteiger partial charge on any atom is -0.478 e. The molecule has 2 N–H and O–H groups in total. The lowest BCUT2D eigenvalue weighted by Gasteiger charge is -2.28. The first-order chi connectivity index (χ1) is 18.5. The Hall–Kier alpha value is -4.18. The van der Waals surface area contributed by atoms with Crippen LogP contribution in [0.4, 0.5) is 19.0 Å². The van der Waals surface area contributed by atoms with Crippen LogP contribution < -0.4 is 4.90 Å². The highest BCUT2D eigenvalue weighted by Gasteiger charge is 2.31. The molecule has 0 fully saturated rings. The quantitative estimate of drug-likeness (QED) is 0.360. The molecule has 0 unspecified atom stereocenters. The maximum atomic E-state index is 12.9. The van der Waals surface area contributed by atoms with Gasteiger partial charge >= 0.3 is 18.1 Å². The molecule has 39 heavy (non-hydrogen) atoms. The van der Waals surface area contributed by atoms with E-state index >= 15 is 0 Å². The second kappa shape index (κ2) is 13.6. The molecule has 1 aliphatic heterocycles. The van der Waals surface area contributed by atoms with E-state index in [1.165, 1.54) is 28.1 Å². The summed E-state index contributed by atoms with van der Waals surface area (Å²) in [5.41, 5.74) is 2.04. The molecule has 0 saturated heterocycles. The number of alkyl halides is 3. The van der Waals surface area contributed by atoms with Crippen LogP contribution in [-0.2, 0) is 15.8 Å². The highest BCUT2D eigenvalue weighted by atomic mass is 19.4. The number of aliphatic carboxylic acids is 2. The third kappa shape index (κ3) is 8.96. The third-order valence-corrected chi connectivity index (χ3v) is 6.23. The third-order valence-electron chi connectivity index (χ3n) is 6.23. The van der Waals surface area contributed by atoms with Crippen molar-refractivity contribution >= 4 is 34.1 Å². The van der Waals surface area contributed by atoms with Crippen molar-refractivity contribution in [3.05, 3.63) is 90.1 Å². The van der Waals surface area contributed by atoms with Crippen molar-refractivity contribution in [2.45, 2.75) is 19.0 Å². The Morgan fingerprint density at radius 1 is 1.05 bits per heavy atom. The minimum absolute atomic E-state index is 0.353. The highest BCUT2D eigenvalue weighted by molar-refractivity contribution is 5.94. The Morgan fingerprint density at radius 2 is 1.74 bits per heavy atom. The lowest BCUT2D eigenvalue weighted by molar-refractivity contribution is -0.137. The summed E-state index contributed by atoms with van der Waals surface area (Å²) < 4.78 is 38.7. The number of benzene rings is 2. The number of aromatic nitrogens is 1. The van der Waals surface area contributed by atoms with Crippen molar-refractivity contribution in [1.82, 2.24) is 9.88 Å². The molecule has 0 spiro atoms. The number of nitrogens with zero attached hydrogens (tertiary/aromatic N) is 3. The molecule has 0 saturated carbocycles. The average Bonchev–Trinajstić information content (AvgIpc) is 2.92. The van der Waals surface area contributed by atoms with Gasteiger partial charge in [-0.2, -0.15) is 13.2 Å². The van der Waals surface area contributed by atoms with Gasteiger partial charge in [-0.05, 0) is 46.9 Å². The fraction of sp³-hybridized carbons (Fsp3) is 0.276. The zero-order chi connectivity index (χ0) is 28.4. The molecule has 206 valence electrons. The summed E-state index contributed by atoms with van der Waals surface area (Å²) in [4.78, 5) is 27.4. The number of fused-ring (bicyclic) bond motifs is 1. The fourth-order valence-electron chi connectivity index (χ4n) is 4.26. The van der Waals surface area contributed by atoms with Gasteiger partial charge in [0.25, 0.3) is 0 Å². The monoisotopic (exact) mass is 541 g/mol. The number of pyridine rings is 1. The lowest BCUT2D eigenvalue weighted by atomic mass is 9.94. The first kappa shape index (κ1) is 29.4. The molecule has 0 bridgehead atoms. The lowest BCUT2D eigenvalue weighted by Crippen LogP contribution is -2.32. The van der Waals surface area contributed by atoms with E-state index < -0.39 is 23.7 Å². The van der Waals surface area contributed by atoms with Gasteiger partial charge in [0.1, 0.15) is 5.82 Å². The van der Waals surface area contributed by atoms with Crippen LogP contribution >= 0.6 is 0 Å². The molecule has 2 heterocycles. The standard InChI is InChI=1S/C25H26F3N3.C4H4O4/c1-30(24-18-21(10-13-29-24)25(26,27)28)14-5-15-31-16-11-20(12-17-31)23-9-4-7-19-6-2-3-8-22(19)23;5-3(6)1-2-4(7)8/h2-4,6-11,13,18H,5,12,14-17H2,1H3;1-2H,(H,5,6)(H,7,8)/b;2-1+. The Bertz CT molecular complexity index is 1330. The molecule has 2 aromatic carbocycles. The van der Waals surface area contributed by atoms with Gasteiger partial charge in [0.05, 0.1) is 5.56 Å². The second-order valence-corrected chi connectivity index (χ2v) is 8.99. The number of anilines is 1. The van der Waals surface area contributed by atoms with Crippen LogP contribution in [0.5, 0.6) is 0 Å². The fourth-order valence-corrected chi connectivity index (χ4v) is 4.26. The van der Waals surface area contributed by atoms with Gasteiger partial charge in [-0.1, -0.05) is 48.5 Å². The van der Waals surface area contributed by atoms with E-state index in [4.69, 9.17) is 10.2 Å². The molecular formula is C29H30F3N3O4. The highest BCUT2D eigenvalue weighted by Crippen LogP contribution is 2.31. The molecule has 4 rings (SSSR count). The zero-order valence-electron chi connectivity index (χ0n) is 21.4. The summed E-state index contributed by atoms with van der Waals surface area (Å²) in [6.07, 6.45) is 2.16. The van der Waals surface area contributed by atoms with Gasteiger partial charge in [0.2, 0.25) is 0 Å². The van der Waals surface area contributed by atoms with Crippen LogP contribution in [-0.4, -0.2) is 65.3 Å². The zero-order valence-corrected chi connectivity index (χ0v) is 21.4. The maximum Gasteiger partial charge on any atom is 0.416 e. The predicted molar refractivity (Wildman–Crippen MR) is 145 cm³/mol. The number of carboxylic acid groups (broad SMARTS) is 2. The van der Waals surface area contributed by atoms with Gasteiger partial charge < -0.3 is 15.1 Å².